The molecule has 10 heteroatoms. The zero-order valence-electron chi connectivity index (χ0n) is 14.6. The van der Waals surface area contributed by atoms with Gasteiger partial charge in [0.15, 0.2) is 5.75 Å². The molecule has 3 rings (SSSR count). The van der Waals surface area contributed by atoms with Crippen LogP contribution < -0.4 is 4.74 Å². The summed E-state index contributed by atoms with van der Waals surface area (Å²) in [6.07, 6.45) is 0.896. The molecule has 0 N–H and O–H groups in total. The van der Waals surface area contributed by atoms with E-state index in [-0.39, 0.29) is 35.6 Å². The van der Waals surface area contributed by atoms with Crippen molar-refractivity contribution >= 4 is 21.6 Å². The van der Waals surface area contributed by atoms with E-state index < -0.39 is 20.6 Å². The molecule has 2 aliphatic rings. The molecular weight excluding hydrogens is 362 g/mol. The Balaban J connectivity index is 1.74. The van der Waals surface area contributed by atoms with Crippen molar-refractivity contribution in [1.29, 1.82) is 0 Å². The molecule has 1 heterocycles. The fourth-order valence-corrected chi connectivity index (χ4v) is 4.61. The summed E-state index contributed by atoms with van der Waals surface area (Å²) in [4.78, 5) is 24.3. The number of nitrogens with zero attached hydrogens (tertiary/aromatic N) is 3. The molecule has 0 unspecified atom stereocenters. The predicted octanol–water partition coefficient (Wildman–Crippen LogP) is 1.09. The second kappa shape index (κ2) is 6.84. The third-order valence-corrected chi connectivity index (χ3v) is 6.86. The molecular formula is C16H21N3O6S. The van der Waals surface area contributed by atoms with Gasteiger partial charge in [0.25, 0.3) is 0 Å². The molecule has 1 saturated carbocycles. The van der Waals surface area contributed by atoms with Gasteiger partial charge in [-0.1, -0.05) is 6.92 Å². The van der Waals surface area contributed by atoms with Crippen LogP contribution in [0.25, 0.3) is 0 Å². The number of nitro groups is 1. The number of rotatable bonds is 5. The molecule has 1 saturated heterocycles. The first-order valence-corrected chi connectivity index (χ1v) is 9.81. The molecule has 1 aliphatic heterocycles. The average Bonchev–Trinajstić information content (AvgIpc) is 3.37. The van der Waals surface area contributed by atoms with Crippen LogP contribution in [-0.4, -0.2) is 61.7 Å². The van der Waals surface area contributed by atoms with Gasteiger partial charge in [0.1, 0.15) is 0 Å². The Morgan fingerprint density at radius 3 is 2.38 bits per heavy atom. The molecule has 0 spiro atoms. The molecule has 2 atom stereocenters. The second-order valence-corrected chi connectivity index (χ2v) is 8.58. The van der Waals surface area contributed by atoms with Gasteiger partial charge >= 0.3 is 5.69 Å². The van der Waals surface area contributed by atoms with Gasteiger partial charge in [-0.25, -0.2) is 8.42 Å². The van der Waals surface area contributed by atoms with Crippen molar-refractivity contribution in [2.24, 2.45) is 11.8 Å². The predicted molar refractivity (Wildman–Crippen MR) is 92.3 cm³/mol. The number of amides is 1. The number of hydrogen-bond acceptors (Lipinski definition) is 6. The third kappa shape index (κ3) is 3.38. The monoisotopic (exact) mass is 383 g/mol. The molecule has 9 nitrogen and oxygen atoms in total. The molecule has 1 aromatic rings. The molecule has 1 amide bonds. The van der Waals surface area contributed by atoms with Gasteiger partial charge in [0.2, 0.25) is 15.9 Å². The van der Waals surface area contributed by atoms with E-state index in [1.54, 1.807) is 4.90 Å². The van der Waals surface area contributed by atoms with Gasteiger partial charge in [-0.2, -0.15) is 4.31 Å². The van der Waals surface area contributed by atoms with Crippen LogP contribution in [0, 0.1) is 22.0 Å². The first-order valence-electron chi connectivity index (χ1n) is 8.37. The third-order valence-electron chi connectivity index (χ3n) is 4.96. The maximum Gasteiger partial charge on any atom is 0.312 e. The number of carbonyl (C=O) groups excluding carboxylic acids is 1. The van der Waals surface area contributed by atoms with E-state index in [1.807, 2.05) is 6.92 Å². The Bertz CT molecular complexity index is 832. The van der Waals surface area contributed by atoms with E-state index in [1.165, 1.54) is 23.5 Å². The Morgan fingerprint density at radius 1 is 1.27 bits per heavy atom. The van der Waals surface area contributed by atoms with Crippen molar-refractivity contribution in [2.75, 3.05) is 33.3 Å². The van der Waals surface area contributed by atoms with Crippen LogP contribution in [0.15, 0.2) is 23.1 Å². The number of ether oxygens (including phenoxy) is 1. The Labute approximate surface area is 151 Å². The van der Waals surface area contributed by atoms with Crippen LogP contribution >= 0.6 is 0 Å². The van der Waals surface area contributed by atoms with Gasteiger partial charge in [0, 0.05) is 38.2 Å². The van der Waals surface area contributed by atoms with Crippen molar-refractivity contribution in [2.45, 2.75) is 18.2 Å². The molecule has 0 bridgehead atoms. The highest BCUT2D eigenvalue weighted by Crippen LogP contribution is 2.39. The first kappa shape index (κ1) is 18.6. The van der Waals surface area contributed by atoms with Crippen LogP contribution in [0.2, 0.25) is 0 Å². The Hall–Kier alpha value is -2.20. The van der Waals surface area contributed by atoms with E-state index in [0.717, 1.165) is 12.5 Å². The molecule has 0 aromatic heterocycles. The highest BCUT2D eigenvalue weighted by molar-refractivity contribution is 7.89. The van der Waals surface area contributed by atoms with Crippen LogP contribution in [0.3, 0.4) is 0 Å². The van der Waals surface area contributed by atoms with E-state index in [0.29, 0.717) is 19.0 Å². The standard InChI is InChI=1S/C16H21N3O6S/c1-11-9-13(11)16(20)17-5-7-18(8-6-17)26(23,24)12-3-4-15(25-2)14(10-12)19(21)22/h3-4,10-11,13H,5-9H2,1-2H3/t11-,13-/m1/s1. The SMILES string of the molecule is COc1ccc(S(=O)(=O)N2CCN(C(=O)[C@@H]3C[C@H]3C)CC2)cc1[N+](=O)[O-]. The van der Waals surface area contributed by atoms with Crippen molar-refractivity contribution < 1.29 is 22.9 Å². The minimum absolute atomic E-state index is 0.00270. The maximum atomic E-state index is 12.8. The van der Waals surface area contributed by atoms with Gasteiger partial charge < -0.3 is 9.64 Å². The summed E-state index contributed by atoms with van der Waals surface area (Å²) in [5.74, 6) is 0.573. The van der Waals surface area contributed by atoms with E-state index in [4.69, 9.17) is 4.74 Å². The van der Waals surface area contributed by atoms with Gasteiger partial charge in [-0.05, 0) is 24.5 Å². The van der Waals surface area contributed by atoms with Gasteiger partial charge in [0.05, 0.1) is 16.9 Å². The molecule has 26 heavy (non-hydrogen) atoms. The fourth-order valence-electron chi connectivity index (χ4n) is 3.17. The minimum Gasteiger partial charge on any atom is -0.490 e. The average molecular weight is 383 g/mol. The number of piperazine rings is 1. The summed E-state index contributed by atoms with van der Waals surface area (Å²) in [7, 11) is -2.59. The highest BCUT2D eigenvalue weighted by atomic mass is 32.2. The summed E-state index contributed by atoms with van der Waals surface area (Å²) in [6.45, 7) is 3.04. The molecule has 2 fully saturated rings. The lowest BCUT2D eigenvalue weighted by molar-refractivity contribution is -0.386. The van der Waals surface area contributed by atoms with Crippen LogP contribution in [0.5, 0.6) is 5.75 Å². The minimum atomic E-state index is -3.87. The lowest BCUT2D eigenvalue weighted by atomic mass is 10.2. The number of methoxy groups -OCH3 is 1. The van der Waals surface area contributed by atoms with Crippen molar-refractivity contribution in [3.05, 3.63) is 28.3 Å². The smallest absolute Gasteiger partial charge is 0.312 e. The summed E-state index contributed by atoms with van der Waals surface area (Å²) >= 11 is 0. The second-order valence-electron chi connectivity index (χ2n) is 6.64. The Kier molecular flexibility index (Phi) is 4.89. The van der Waals surface area contributed by atoms with E-state index in [9.17, 15) is 23.3 Å². The van der Waals surface area contributed by atoms with Gasteiger partial charge in [-0.15, -0.1) is 0 Å². The van der Waals surface area contributed by atoms with E-state index in [2.05, 4.69) is 0 Å². The van der Waals surface area contributed by atoms with E-state index >= 15 is 0 Å². The summed E-state index contributed by atoms with van der Waals surface area (Å²) < 4.78 is 31.8. The number of carbonyl (C=O) groups is 1. The van der Waals surface area contributed by atoms with Crippen molar-refractivity contribution in [1.82, 2.24) is 9.21 Å². The van der Waals surface area contributed by atoms with Crippen LogP contribution in [-0.2, 0) is 14.8 Å². The summed E-state index contributed by atoms with van der Waals surface area (Å²) in [5.41, 5.74) is -0.398. The first-order chi connectivity index (χ1) is 12.3. The maximum absolute atomic E-state index is 12.8. The fraction of sp³-hybridized carbons (Fsp3) is 0.562. The number of hydrogen-bond donors (Lipinski definition) is 0. The lowest BCUT2D eigenvalue weighted by Gasteiger charge is -2.34. The lowest BCUT2D eigenvalue weighted by Crippen LogP contribution is -2.51. The number of nitro benzene ring substituents is 1. The summed E-state index contributed by atoms with van der Waals surface area (Å²) in [5, 5.41) is 11.1. The van der Waals surface area contributed by atoms with Crippen molar-refractivity contribution in [3.63, 3.8) is 0 Å². The molecule has 1 aliphatic carbocycles. The molecule has 0 radical (unpaired) electrons. The Morgan fingerprint density at radius 2 is 1.88 bits per heavy atom. The normalized spacial score (nSPS) is 23.5. The van der Waals surface area contributed by atoms with Crippen LogP contribution in [0.4, 0.5) is 5.69 Å². The summed E-state index contributed by atoms with van der Waals surface area (Å²) in [6, 6.07) is 3.58. The highest BCUT2D eigenvalue weighted by Gasteiger charge is 2.42. The largest absolute Gasteiger partial charge is 0.490 e. The zero-order valence-corrected chi connectivity index (χ0v) is 15.4. The van der Waals surface area contributed by atoms with Gasteiger partial charge in [-0.3, -0.25) is 14.9 Å². The molecule has 1 aromatic carbocycles. The number of sulfonamides is 1. The zero-order chi connectivity index (χ0) is 19.1. The topological polar surface area (TPSA) is 110 Å². The van der Waals surface area contributed by atoms with Crippen LogP contribution in [0.1, 0.15) is 13.3 Å². The quantitative estimate of drug-likeness (QED) is 0.556. The van der Waals surface area contributed by atoms with Crippen molar-refractivity contribution in [3.8, 4) is 5.75 Å². The number of benzene rings is 1. The molecule has 142 valence electrons.